The Labute approximate surface area is 156 Å². The quantitative estimate of drug-likeness (QED) is 0.614. The van der Waals surface area contributed by atoms with Gasteiger partial charge in [0.25, 0.3) is 0 Å². The first-order valence-electron chi connectivity index (χ1n) is 10.1. The second-order valence-corrected chi connectivity index (χ2v) is 10.3. The van der Waals surface area contributed by atoms with E-state index in [1.54, 1.807) is 6.92 Å². The van der Waals surface area contributed by atoms with E-state index in [1.165, 1.54) is 18.4 Å². The number of rotatable bonds is 1. The van der Waals surface area contributed by atoms with E-state index >= 15 is 0 Å². The molecule has 2 nitrogen and oxygen atoms in total. The van der Waals surface area contributed by atoms with Gasteiger partial charge in [0, 0.05) is 12.3 Å². The fourth-order valence-corrected chi connectivity index (χ4v) is 8.28. The van der Waals surface area contributed by atoms with Crippen LogP contribution < -0.4 is 0 Å². The van der Waals surface area contributed by atoms with Crippen LogP contribution in [0.15, 0.2) is 10.6 Å². The third-order valence-corrected chi connectivity index (χ3v) is 9.27. The van der Waals surface area contributed by atoms with Gasteiger partial charge in [-0.05, 0) is 85.5 Å². The SMILES string of the molecule is CC(=O)[C@H]1[C@@H](C)C[C@H]2[C@@H]3CCC4=C(Cl)C(=O)CC[C@]4(C)[C@H]3CC[C@@]21C. The van der Waals surface area contributed by atoms with Gasteiger partial charge in [0.05, 0.1) is 5.03 Å². The van der Waals surface area contributed by atoms with Crippen molar-refractivity contribution >= 4 is 23.2 Å². The molecule has 0 N–H and O–H groups in total. The van der Waals surface area contributed by atoms with Crippen LogP contribution in [0.1, 0.15) is 72.6 Å². The molecule has 0 aliphatic heterocycles. The van der Waals surface area contributed by atoms with Gasteiger partial charge in [-0.15, -0.1) is 0 Å². The molecule has 3 fully saturated rings. The molecule has 4 aliphatic carbocycles. The zero-order valence-corrected chi connectivity index (χ0v) is 16.8. The second kappa shape index (κ2) is 5.68. The molecule has 4 rings (SSSR count). The van der Waals surface area contributed by atoms with Crippen LogP contribution in [0, 0.1) is 40.4 Å². The zero-order valence-electron chi connectivity index (χ0n) is 16.0. The predicted molar refractivity (Wildman–Crippen MR) is 100 cm³/mol. The first-order valence-corrected chi connectivity index (χ1v) is 10.5. The largest absolute Gasteiger partial charge is 0.300 e. The Bertz CT molecular complexity index is 665. The Hall–Kier alpha value is -0.630. The van der Waals surface area contributed by atoms with E-state index in [9.17, 15) is 9.59 Å². The summed E-state index contributed by atoms with van der Waals surface area (Å²) in [5, 5.41) is 0.557. The molecule has 0 aromatic rings. The van der Waals surface area contributed by atoms with Gasteiger partial charge in [0.2, 0.25) is 0 Å². The molecule has 0 saturated heterocycles. The molecular weight excluding hydrogens is 332 g/mol. The van der Waals surface area contributed by atoms with Crippen molar-refractivity contribution in [1.29, 1.82) is 0 Å². The van der Waals surface area contributed by atoms with Crippen molar-refractivity contribution in [1.82, 2.24) is 0 Å². The molecule has 0 heterocycles. The van der Waals surface area contributed by atoms with E-state index < -0.39 is 0 Å². The molecule has 3 heteroatoms. The summed E-state index contributed by atoms with van der Waals surface area (Å²) in [4.78, 5) is 24.5. The number of carbonyl (C=O) groups excluding carboxylic acids is 2. The summed E-state index contributed by atoms with van der Waals surface area (Å²) in [5.41, 5.74) is 1.54. The van der Waals surface area contributed by atoms with Crippen LogP contribution in [0.2, 0.25) is 0 Å². The summed E-state index contributed by atoms with van der Waals surface area (Å²) in [7, 11) is 0. The smallest absolute Gasteiger partial charge is 0.174 e. The van der Waals surface area contributed by atoms with Gasteiger partial charge >= 0.3 is 0 Å². The Morgan fingerprint density at radius 1 is 1.12 bits per heavy atom. The van der Waals surface area contributed by atoms with E-state index in [0.717, 1.165) is 25.7 Å². The summed E-state index contributed by atoms with van der Waals surface area (Å²) in [6.45, 7) is 8.86. The number of halogens is 1. The van der Waals surface area contributed by atoms with Crippen molar-refractivity contribution in [3.05, 3.63) is 10.6 Å². The molecule has 25 heavy (non-hydrogen) atoms. The maximum atomic E-state index is 12.4. The lowest BCUT2D eigenvalue weighted by molar-refractivity contribution is -0.129. The average Bonchev–Trinajstić information content (AvgIpc) is 2.81. The minimum atomic E-state index is 0.104. The Balaban J connectivity index is 1.71. The summed E-state index contributed by atoms with van der Waals surface area (Å²) in [5.74, 6) is 3.27. The number of Topliss-reactive ketones (excluding diaryl/α,β-unsaturated/α-hetero) is 2. The highest BCUT2D eigenvalue weighted by Crippen LogP contribution is 2.68. The van der Waals surface area contributed by atoms with Crippen molar-refractivity contribution < 1.29 is 9.59 Å². The summed E-state index contributed by atoms with van der Waals surface area (Å²) < 4.78 is 0. The minimum absolute atomic E-state index is 0.104. The van der Waals surface area contributed by atoms with Gasteiger partial charge in [-0.2, -0.15) is 0 Å². The molecule has 138 valence electrons. The van der Waals surface area contributed by atoms with Crippen LogP contribution >= 0.6 is 11.6 Å². The van der Waals surface area contributed by atoms with Gasteiger partial charge in [-0.25, -0.2) is 0 Å². The van der Waals surface area contributed by atoms with Gasteiger partial charge in [-0.1, -0.05) is 32.4 Å². The molecule has 0 aromatic carbocycles. The number of allylic oxidation sites excluding steroid dienone is 1. The Kier molecular flexibility index (Phi) is 4.04. The minimum Gasteiger partial charge on any atom is -0.300 e. The van der Waals surface area contributed by atoms with Gasteiger partial charge in [-0.3, -0.25) is 9.59 Å². The van der Waals surface area contributed by atoms with Crippen molar-refractivity contribution in [2.75, 3.05) is 0 Å². The van der Waals surface area contributed by atoms with Gasteiger partial charge in [0.1, 0.15) is 5.78 Å². The van der Waals surface area contributed by atoms with E-state index in [0.29, 0.717) is 40.9 Å². The van der Waals surface area contributed by atoms with E-state index in [-0.39, 0.29) is 22.5 Å². The topological polar surface area (TPSA) is 34.1 Å². The maximum absolute atomic E-state index is 12.4. The molecular formula is C22H31ClO2. The van der Waals surface area contributed by atoms with Crippen LogP contribution in [0.5, 0.6) is 0 Å². The molecule has 4 aliphatic rings. The fraction of sp³-hybridized carbons (Fsp3) is 0.818. The van der Waals surface area contributed by atoms with E-state index in [1.807, 2.05) is 0 Å². The van der Waals surface area contributed by atoms with Crippen LogP contribution in [0.25, 0.3) is 0 Å². The molecule has 0 radical (unpaired) electrons. The number of carbonyl (C=O) groups is 2. The van der Waals surface area contributed by atoms with Crippen molar-refractivity contribution in [3.63, 3.8) is 0 Å². The average molecular weight is 363 g/mol. The molecule has 7 atom stereocenters. The number of hydrogen-bond donors (Lipinski definition) is 0. The summed E-state index contributed by atoms with van der Waals surface area (Å²) in [6, 6.07) is 0. The molecule has 0 unspecified atom stereocenters. The standard InChI is InChI=1S/C22H31ClO2/c1-12-11-17-14-5-6-16-20(23)18(25)8-10-21(16,3)15(14)7-9-22(17,4)19(12)13(2)24/h12,14-15,17,19H,5-11H2,1-4H3/t12-,14+,15-,17-,19+,21+,22-/m0/s1. The zero-order chi connectivity index (χ0) is 18.1. The number of ketones is 2. The van der Waals surface area contributed by atoms with Crippen LogP contribution in [-0.2, 0) is 9.59 Å². The number of fused-ring (bicyclic) bond motifs is 5. The molecule has 0 bridgehead atoms. The third-order valence-electron chi connectivity index (χ3n) is 8.83. The first kappa shape index (κ1) is 17.8. The highest BCUT2D eigenvalue weighted by atomic mass is 35.5. The van der Waals surface area contributed by atoms with Gasteiger partial charge < -0.3 is 0 Å². The summed E-state index contributed by atoms with van der Waals surface area (Å²) in [6.07, 6.45) is 7.24. The maximum Gasteiger partial charge on any atom is 0.174 e. The number of hydrogen-bond acceptors (Lipinski definition) is 2. The lowest BCUT2D eigenvalue weighted by atomic mass is 9.46. The molecule has 3 saturated carbocycles. The van der Waals surface area contributed by atoms with Crippen LogP contribution in [0.3, 0.4) is 0 Å². The Morgan fingerprint density at radius 2 is 1.84 bits per heavy atom. The summed E-state index contributed by atoms with van der Waals surface area (Å²) >= 11 is 6.47. The lowest BCUT2D eigenvalue weighted by Gasteiger charge is -2.58. The third kappa shape index (κ3) is 2.28. The Morgan fingerprint density at radius 3 is 2.52 bits per heavy atom. The normalized spacial score (nSPS) is 49.5. The predicted octanol–water partition coefficient (Wildman–Crippen LogP) is 5.54. The fourth-order valence-electron chi connectivity index (χ4n) is 7.88. The van der Waals surface area contributed by atoms with Crippen molar-refractivity contribution in [2.45, 2.75) is 72.6 Å². The van der Waals surface area contributed by atoms with Crippen LogP contribution in [-0.4, -0.2) is 11.6 Å². The lowest BCUT2D eigenvalue weighted by Crippen LogP contribution is -2.51. The second-order valence-electron chi connectivity index (χ2n) is 9.89. The highest BCUT2D eigenvalue weighted by Gasteiger charge is 2.61. The van der Waals surface area contributed by atoms with Crippen molar-refractivity contribution in [3.8, 4) is 0 Å². The molecule has 0 spiro atoms. The first-order chi connectivity index (χ1) is 11.7. The molecule has 0 amide bonds. The monoisotopic (exact) mass is 362 g/mol. The molecule has 0 aromatic heterocycles. The van der Waals surface area contributed by atoms with Gasteiger partial charge in [0.15, 0.2) is 5.78 Å². The van der Waals surface area contributed by atoms with Crippen LogP contribution in [0.4, 0.5) is 0 Å². The van der Waals surface area contributed by atoms with E-state index in [4.69, 9.17) is 11.6 Å². The van der Waals surface area contributed by atoms with E-state index in [2.05, 4.69) is 20.8 Å². The highest BCUT2D eigenvalue weighted by molar-refractivity contribution is 6.43. The van der Waals surface area contributed by atoms with Crippen molar-refractivity contribution in [2.24, 2.45) is 40.4 Å².